The molecule has 2 aliphatic rings. The standard InChI is InChI=1S/C21H26.2CH3.2ClH.Zr/c1-16-8-3-5-12-20(16)17(2)9-7-11-19-15-14-18-10-4-6-13-21(18)19;;;;;/h3-6,8,10,12-13,18-19,21H,2,7,9,11,14-15H2,1H3;2*1H3;2*1H;/q;2*-1;;;+4/p-2. The molecule has 0 aliphatic heterocycles. The summed E-state index contributed by atoms with van der Waals surface area (Å²) >= 11 is -0.826. The van der Waals surface area contributed by atoms with Gasteiger partial charge in [-0.1, -0.05) is 55.1 Å². The van der Waals surface area contributed by atoms with E-state index in [0.717, 1.165) is 24.2 Å². The normalized spacial score (nSPS) is 22.0. The maximum absolute atomic E-state index is 4.93. The van der Waals surface area contributed by atoms with Crippen molar-refractivity contribution in [2.24, 2.45) is 17.8 Å². The summed E-state index contributed by atoms with van der Waals surface area (Å²) in [6, 6.07) is 8.61. The molecule has 1 saturated carbocycles. The van der Waals surface area contributed by atoms with E-state index >= 15 is 0 Å². The third-order valence-electron chi connectivity index (χ3n) is 5.29. The second-order valence-corrected chi connectivity index (χ2v) is 10.5. The fourth-order valence-corrected chi connectivity index (χ4v) is 4.08. The average Bonchev–Trinajstić information content (AvgIpc) is 2.99. The predicted molar refractivity (Wildman–Crippen MR) is 117 cm³/mol. The Hall–Kier alpha value is -0.0969. The van der Waals surface area contributed by atoms with Crippen LogP contribution in [0.3, 0.4) is 0 Å². The van der Waals surface area contributed by atoms with Crippen LogP contribution in [0.4, 0.5) is 0 Å². The summed E-state index contributed by atoms with van der Waals surface area (Å²) in [6.07, 6.45) is 15.9. The molecule has 3 unspecified atom stereocenters. The molecule has 2 aliphatic carbocycles. The number of benzene rings is 1. The van der Waals surface area contributed by atoms with Gasteiger partial charge in [0.05, 0.1) is 0 Å². The maximum atomic E-state index is 4.93. The molecule has 0 nitrogen and oxygen atoms in total. The van der Waals surface area contributed by atoms with Crippen LogP contribution in [0, 0.1) is 39.5 Å². The molecule has 0 bridgehead atoms. The van der Waals surface area contributed by atoms with Gasteiger partial charge >= 0.3 is 37.9 Å². The summed E-state index contributed by atoms with van der Waals surface area (Å²) in [5.41, 5.74) is 4.01. The number of aryl methyl sites for hydroxylation is 1. The molecule has 1 aromatic carbocycles. The van der Waals surface area contributed by atoms with Crippen LogP contribution >= 0.6 is 17.0 Å². The van der Waals surface area contributed by atoms with Crippen molar-refractivity contribution in [2.75, 3.05) is 0 Å². The number of allylic oxidation sites excluding steroid dienone is 5. The van der Waals surface area contributed by atoms with Gasteiger partial charge in [-0.2, -0.15) is 0 Å². The van der Waals surface area contributed by atoms with Gasteiger partial charge in [0.2, 0.25) is 0 Å². The molecule has 0 N–H and O–H groups in total. The molecule has 3 heteroatoms. The van der Waals surface area contributed by atoms with E-state index in [1.807, 2.05) is 0 Å². The molecule has 142 valence electrons. The van der Waals surface area contributed by atoms with E-state index in [2.05, 4.69) is 62.1 Å². The molecular formula is C23H32Cl2Zr. The molecule has 3 rings (SSSR count). The van der Waals surface area contributed by atoms with E-state index in [9.17, 15) is 0 Å². The summed E-state index contributed by atoms with van der Waals surface area (Å²) in [5, 5.41) is 0. The number of halogens is 2. The average molecular weight is 471 g/mol. The Kier molecular flexibility index (Phi) is 13.9. The monoisotopic (exact) mass is 468 g/mol. The third kappa shape index (κ3) is 7.49. The molecule has 0 saturated heterocycles. The Morgan fingerprint density at radius 1 is 1.12 bits per heavy atom. The van der Waals surface area contributed by atoms with Crippen LogP contribution in [0.1, 0.15) is 43.2 Å². The van der Waals surface area contributed by atoms with E-state index < -0.39 is 20.8 Å². The first-order valence-corrected chi connectivity index (χ1v) is 15.1. The fraction of sp³-hybridized carbons (Fsp3) is 0.391. The number of rotatable bonds is 5. The Morgan fingerprint density at radius 3 is 2.46 bits per heavy atom. The van der Waals surface area contributed by atoms with Gasteiger partial charge in [-0.3, -0.25) is 0 Å². The molecule has 1 aromatic rings. The Balaban J connectivity index is 0.00000117. The number of fused-ring (bicyclic) bond motifs is 1. The van der Waals surface area contributed by atoms with Gasteiger partial charge in [-0.25, -0.2) is 0 Å². The van der Waals surface area contributed by atoms with Crippen LogP contribution in [0.2, 0.25) is 0 Å². The summed E-state index contributed by atoms with van der Waals surface area (Å²) in [7, 11) is 9.87. The number of hydrogen-bond acceptors (Lipinski definition) is 0. The van der Waals surface area contributed by atoms with E-state index in [1.54, 1.807) is 0 Å². The van der Waals surface area contributed by atoms with Crippen molar-refractivity contribution in [3.63, 3.8) is 0 Å². The van der Waals surface area contributed by atoms with Crippen molar-refractivity contribution in [3.8, 4) is 0 Å². The number of hydrogen-bond donors (Lipinski definition) is 0. The van der Waals surface area contributed by atoms with Gasteiger partial charge in [0.1, 0.15) is 0 Å². The Labute approximate surface area is 180 Å². The van der Waals surface area contributed by atoms with Gasteiger partial charge in [0.15, 0.2) is 0 Å². The molecule has 0 amide bonds. The van der Waals surface area contributed by atoms with Crippen LogP contribution in [-0.4, -0.2) is 0 Å². The molecule has 0 spiro atoms. The van der Waals surface area contributed by atoms with Crippen LogP contribution in [0.15, 0.2) is 55.1 Å². The first kappa shape index (κ1) is 25.9. The summed E-state index contributed by atoms with van der Waals surface area (Å²) in [4.78, 5) is 0. The van der Waals surface area contributed by atoms with Crippen molar-refractivity contribution < 1.29 is 20.8 Å². The fourth-order valence-electron chi connectivity index (χ4n) is 4.08. The molecule has 0 heterocycles. The van der Waals surface area contributed by atoms with Crippen LogP contribution in [0.5, 0.6) is 0 Å². The molecule has 0 radical (unpaired) electrons. The van der Waals surface area contributed by atoms with Gasteiger partial charge in [0.25, 0.3) is 0 Å². The van der Waals surface area contributed by atoms with E-state index in [1.165, 1.54) is 42.4 Å². The van der Waals surface area contributed by atoms with Gasteiger partial charge < -0.3 is 14.9 Å². The molecule has 26 heavy (non-hydrogen) atoms. The summed E-state index contributed by atoms with van der Waals surface area (Å²) in [6.45, 7) is 6.49. The Morgan fingerprint density at radius 2 is 1.77 bits per heavy atom. The first-order valence-electron chi connectivity index (χ1n) is 8.72. The minimum atomic E-state index is -0.826. The second kappa shape index (κ2) is 14.0. The molecule has 1 fully saturated rings. The van der Waals surface area contributed by atoms with Crippen LogP contribution < -0.4 is 0 Å². The predicted octanol–water partition coefficient (Wildman–Crippen LogP) is 8.22. The molecule has 3 atom stereocenters. The van der Waals surface area contributed by atoms with Crippen molar-refractivity contribution in [2.45, 2.75) is 39.0 Å². The van der Waals surface area contributed by atoms with Gasteiger partial charge in [-0.05, 0) is 73.5 Å². The SMILES string of the molecule is C=C(CCCC1CCC2C=CC=CC21)c1ccccc1C.[CH3-].[CH3-].[Cl][Zr+2][Cl]. The first-order chi connectivity index (χ1) is 11.7. The summed E-state index contributed by atoms with van der Waals surface area (Å²) < 4.78 is 0. The molecule has 0 aromatic heterocycles. The zero-order valence-electron chi connectivity index (χ0n) is 16.3. The topological polar surface area (TPSA) is 0 Å². The van der Waals surface area contributed by atoms with Crippen molar-refractivity contribution >= 4 is 22.6 Å². The second-order valence-electron chi connectivity index (χ2n) is 6.73. The van der Waals surface area contributed by atoms with Gasteiger partial charge in [0, 0.05) is 0 Å². The summed E-state index contributed by atoms with van der Waals surface area (Å²) in [5.74, 6) is 2.52. The minimum absolute atomic E-state index is 0. The van der Waals surface area contributed by atoms with E-state index in [0.29, 0.717) is 0 Å². The van der Waals surface area contributed by atoms with Crippen molar-refractivity contribution in [1.82, 2.24) is 0 Å². The Bertz CT molecular complexity index is 592. The van der Waals surface area contributed by atoms with Crippen LogP contribution in [0.25, 0.3) is 5.57 Å². The molecular weight excluding hydrogens is 438 g/mol. The van der Waals surface area contributed by atoms with E-state index in [-0.39, 0.29) is 14.9 Å². The van der Waals surface area contributed by atoms with Gasteiger partial charge in [-0.15, -0.1) is 0 Å². The van der Waals surface area contributed by atoms with Crippen molar-refractivity contribution in [3.05, 3.63) is 81.1 Å². The van der Waals surface area contributed by atoms with E-state index in [4.69, 9.17) is 17.0 Å². The third-order valence-corrected chi connectivity index (χ3v) is 5.29. The quantitative estimate of drug-likeness (QED) is 0.380. The van der Waals surface area contributed by atoms with Crippen molar-refractivity contribution in [1.29, 1.82) is 0 Å². The van der Waals surface area contributed by atoms with Crippen LogP contribution in [-0.2, 0) is 20.8 Å². The zero-order valence-corrected chi connectivity index (χ0v) is 20.3. The zero-order chi connectivity index (χ0) is 17.4.